The van der Waals surface area contributed by atoms with Crippen LogP contribution in [0.3, 0.4) is 0 Å². The topological polar surface area (TPSA) is 51.0 Å². The highest BCUT2D eigenvalue weighted by Crippen LogP contribution is 2.14. The molecule has 0 saturated heterocycles. The van der Waals surface area contributed by atoms with E-state index < -0.39 is 0 Å². The molecule has 108 valence electrons. The molecule has 1 aromatic carbocycles. The molecule has 20 heavy (non-hydrogen) atoms. The van der Waals surface area contributed by atoms with Crippen molar-refractivity contribution < 1.29 is 4.52 Å². The van der Waals surface area contributed by atoms with Crippen LogP contribution in [-0.2, 0) is 12.8 Å². The largest absolute Gasteiger partial charge is 0.338 e. The van der Waals surface area contributed by atoms with Crippen LogP contribution in [0, 0.1) is 0 Å². The zero-order valence-electron chi connectivity index (χ0n) is 12.1. The van der Waals surface area contributed by atoms with E-state index in [-0.39, 0.29) is 6.04 Å². The Balaban J connectivity index is 1.90. The van der Waals surface area contributed by atoms with Crippen molar-refractivity contribution in [1.82, 2.24) is 15.5 Å². The van der Waals surface area contributed by atoms with Crippen LogP contribution >= 0.6 is 11.6 Å². The molecule has 2 unspecified atom stereocenters. The van der Waals surface area contributed by atoms with Crippen molar-refractivity contribution >= 4 is 11.6 Å². The molecule has 2 atom stereocenters. The molecule has 0 aliphatic heterocycles. The minimum atomic E-state index is 0.0464. The Hall–Kier alpha value is -1.39. The first-order chi connectivity index (χ1) is 9.58. The SMILES string of the molecule is CCc1noc(C(C)NC(C)Cc2ccc(Cl)cc2)n1. The third-order valence-electron chi connectivity index (χ3n) is 3.16. The Labute approximate surface area is 124 Å². The zero-order chi connectivity index (χ0) is 14.5. The third-order valence-corrected chi connectivity index (χ3v) is 3.41. The van der Waals surface area contributed by atoms with Gasteiger partial charge in [0.1, 0.15) is 0 Å². The molecule has 2 rings (SSSR count). The molecular weight excluding hydrogens is 274 g/mol. The maximum atomic E-state index is 5.89. The van der Waals surface area contributed by atoms with Crippen molar-refractivity contribution in [2.75, 3.05) is 0 Å². The first kappa shape index (κ1) is 15.0. The molecule has 2 aromatic rings. The fraction of sp³-hybridized carbons (Fsp3) is 0.467. The molecule has 0 bridgehead atoms. The molecule has 0 fully saturated rings. The van der Waals surface area contributed by atoms with Gasteiger partial charge in [-0.15, -0.1) is 0 Å². The van der Waals surface area contributed by atoms with Gasteiger partial charge < -0.3 is 9.84 Å². The van der Waals surface area contributed by atoms with Gasteiger partial charge in [-0.1, -0.05) is 35.8 Å². The van der Waals surface area contributed by atoms with E-state index in [2.05, 4.69) is 22.4 Å². The van der Waals surface area contributed by atoms with Gasteiger partial charge >= 0.3 is 0 Å². The second-order valence-corrected chi connectivity index (χ2v) is 5.46. The van der Waals surface area contributed by atoms with Gasteiger partial charge in [0.25, 0.3) is 0 Å². The molecule has 0 spiro atoms. The summed E-state index contributed by atoms with van der Waals surface area (Å²) in [6, 6.07) is 8.28. The van der Waals surface area contributed by atoms with Crippen LogP contribution in [0.2, 0.25) is 5.02 Å². The Morgan fingerprint density at radius 1 is 1.25 bits per heavy atom. The Morgan fingerprint density at radius 2 is 1.95 bits per heavy atom. The van der Waals surface area contributed by atoms with Crippen LogP contribution < -0.4 is 5.32 Å². The fourth-order valence-electron chi connectivity index (χ4n) is 2.12. The van der Waals surface area contributed by atoms with E-state index in [9.17, 15) is 0 Å². The van der Waals surface area contributed by atoms with E-state index in [0.29, 0.717) is 11.9 Å². The number of rotatable bonds is 6. The molecule has 1 heterocycles. The third kappa shape index (κ3) is 4.05. The Kier molecular flexibility index (Phi) is 5.15. The maximum absolute atomic E-state index is 5.89. The molecule has 0 aliphatic carbocycles. The monoisotopic (exact) mass is 293 g/mol. The average Bonchev–Trinajstić information content (AvgIpc) is 2.90. The summed E-state index contributed by atoms with van der Waals surface area (Å²) in [5, 5.41) is 8.15. The lowest BCUT2D eigenvalue weighted by atomic mass is 10.1. The number of hydrogen-bond acceptors (Lipinski definition) is 4. The standard InChI is InChI=1S/C15H20ClN3O/c1-4-14-18-15(20-19-14)11(3)17-10(2)9-12-5-7-13(16)8-6-12/h5-8,10-11,17H,4,9H2,1-3H3. The van der Waals surface area contributed by atoms with Gasteiger partial charge in [-0.05, 0) is 38.0 Å². The van der Waals surface area contributed by atoms with Gasteiger partial charge in [0.15, 0.2) is 5.82 Å². The highest BCUT2D eigenvalue weighted by atomic mass is 35.5. The van der Waals surface area contributed by atoms with Crippen LogP contribution in [0.15, 0.2) is 28.8 Å². The van der Waals surface area contributed by atoms with E-state index in [1.54, 1.807) is 0 Å². The van der Waals surface area contributed by atoms with Gasteiger partial charge in [0.2, 0.25) is 5.89 Å². The van der Waals surface area contributed by atoms with E-state index in [1.807, 2.05) is 38.1 Å². The van der Waals surface area contributed by atoms with Gasteiger partial charge in [-0.25, -0.2) is 0 Å². The second-order valence-electron chi connectivity index (χ2n) is 5.02. The van der Waals surface area contributed by atoms with Crippen LogP contribution in [0.5, 0.6) is 0 Å². The van der Waals surface area contributed by atoms with Crippen LogP contribution in [-0.4, -0.2) is 16.2 Å². The highest BCUT2D eigenvalue weighted by molar-refractivity contribution is 6.30. The summed E-state index contributed by atoms with van der Waals surface area (Å²) in [6.45, 7) is 6.18. The second kappa shape index (κ2) is 6.86. The van der Waals surface area contributed by atoms with Crippen molar-refractivity contribution in [3.05, 3.63) is 46.6 Å². The number of aromatic nitrogens is 2. The Morgan fingerprint density at radius 3 is 2.55 bits per heavy atom. The highest BCUT2D eigenvalue weighted by Gasteiger charge is 2.16. The number of nitrogens with one attached hydrogen (secondary N) is 1. The van der Waals surface area contributed by atoms with Crippen LogP contribution in [0.1, 0.15) is 44.1 Å². The number of hydrogen-bond donors (Lipinski definition) is 1. The lowest BCUT2D eigenvalue weighted by Crippen LogP contribution is -2.30. The van der Waals surface area contributed by atoms with Crippen molar-refractivity contribution in [2.45, 2.75) is 45.7 Å². The zero-order valence-corrected chi connectivity index (χ0v) is 12.8. The van der Waals surface area contributed by atoms with Gasteiger partial charge in [0.05, 0.1) is 6.04 Å². The fourth-order valence-corrected chi connectivity index (χ4v) is 2.24. The molecular formula is C15H20ClN3O. The Bertz CT molecular complexity index is 538. The molecule has 0 amide bonds. The lowest BCUT2D eigenvalue weighted by Gasteiger charge is -2.17. The van der Waals surface area contributed by atoms with E-state index in [0.717, 1.165) is 23.7 Å². The van der Waals surface area contributed by atoms with Crippen LogP contribution in [0.4, 0.5) is 0 Å². The van der Waals surface area contributed by atoms with Crippen molar-refractivity contribution in [2.24, 2.45) is 0 Å². The summed E-state index contributed by atoms with van der Waals surface area (Å²) in [5.74, 6) is 1.39. The molecule has 0 saturated carbocycles. The predicted molar refractivity (Wildman–Crippen MR) is 79.8 cm³/mol. The molecule has 0 radical (unpaired) electrons. The number of halogens is 1. The summed E-state index contributed by atoms with van der Waals surface area (Å²) < 4.78 is 5.24. The summed E-state index contributed by atoms with van der Waals surface area (Å²) in [6.07, 6.45) is 1.72. The van der Waals surface area contributed by atoms with Gasteiger partial charge in [-0.3, -0.25) is 0 Å². The van der Waals surface area contributed by atoms with E-state index >= 15 is 0 Å². The minimum Gasteiger partial charge on any atom is -0.338 e. The van der Waals surface area contributed by atoms with Gasteiger partial charge in [0, 0.05) is 17.5 Å². The van der Waals surface area contributed by atoms with Crippen molar-refractivity contribution in [3.63, 3.8) is 0 Å². The average molecular weight is 294 g/mol. The normalized spacial score (nSPS) is 14.2. The predicted octanol–water partition coefficient (Wildman–Crippen LogP) is 3.57. The quantitative estimate of drug-likeness (QED) is 0.884. The first-order valence-corrected chi connectivity index (χ1v) is 7.29. The summed E-state index contributed by atoms with van der Waals surface area (Å²) in [5.41, 5.74) is 1.25. The lowest BCUT2D eigenvalue weighted by molar-refractivity contribution is 0.324. The van der Waals surface area contributed by atoms with Crippen molar-refractivity contribution in [3.8, 4) is 0 Å². The number of aryl methyl sites for hydroxylation is 1. The first-order valence-electron chi connectivity index (χ1n) is 6.91. The minimum absolute atomic E-state index is 0.0464. The maximum Gasteiger partial charge on any atom is 0.243 e. The van der Waals surface area contributed by atoms with E-state index in [1.165, 1.54) is 5.56 Å². The molecule has 0 aliphatic rings. The molecule has 5 heteroatoms. The van der Waals surface area contributed by atoms with E-state index in [4.69, 9.17) is 16.1 Å². The summed E-state index contributed by atoms with van der Waals surface area (Å²) >= 11 is 5.89. The molecule has 1 aromatic heterocycles. The summed E-state index contributed by atoms with van der Waals surface area (Å²) in [7, 11) is 0. The number of benzene rings is 1. The summed E-state index contributed by atoms with van der Waals surface area (Å²) in [4.78, 5) is 4.34. The van der Waals surface area contributed by atoms with Gasteiger partial charge in [-0.2, -0.15) is 4.98 Å². The molecule has 4 nitrogen and oxygen atoms in total. The number of nitrogens with zero attached hydrogens (tertiary/aromatic N) is 2. The van der Waals surface area contributed by atoms with Crippen LogP contribution in [0.25, 0.3) is 0 Å². The molecule has 1 N–H and O–H groups in total. The van der Waals surface area contributed by atoms with Crippen molar-refractivity contribution in [1.29, 1.82) is 0 Å². The smallest absolute Gasteiger partial charge is 0.243 e.